The summed E-state index contributed by atoms with van der Waals surface area (Å²) in [5.74, 6) is 0.220. The second-order valence-corrected chi connectivity index (χ2v) is 5.81. The standard InChI is InChI=1S/C12H22N4OS/c1-4-14-12-15-5-10(18-12)7-16(6-9(2)3)8-11(13)17/h5,9H,4,6-8H2,1-3H3,(H2,13,17)(H,14,15). The molecule has 0 aliphatic heterocycles. The highest BCUT2D eigenvalue weighted by Gasteiger charge is 2.12. The van der Waals surface area contributed by atoms with Gasteiger partial charge in [-0.2, -0.15) is 0 Å². The van der Waals surface area contributed by atoms with Gasteiger partial charge in [0.15, 0.2) is 5.13 Å². The normalized spacial score (nSPS) is 11.2. The Hall–Kier alpha value is -1.14. The number of hydrogen-bond acceptors (Lipinski definition) is 5. The van der Waals surface area contributed by atoms with Crippen molar-refractivity contribution in [3.8, 4) is 0 Å². The zero-order valence-electron chi connectivity index (χ0n) is 11.3. The minimum Gasteiger partial charge on any atom is -0.369 e. The number of amides is 1. The average molecular weight is 270 g/mol. The highest BCUT2D eigenvalue weighted by molar-refractivity contribution is 7.15. The first-order valence-electron chi connectivity index (χ1n) is 6.20. The molecular weight excluding hydrogens is 248 g/mol. The number of nitrogens with two attached hydrogens (primary N) is 1. The van der Waals surface area contributed by atoms with E-state index in [0.717, 1.165) is 29.6 Å². The highest BCUT2D eigenvalue weighted by atomic mass is 32.1. The van der Waals surface area contributed by atoms with Gasteiger partial charge in [-0.15, -0.1) is 11.3 Å². The molecule has 1 aromatic heterocycles. The number of hydrogen-bond donors (Lipinski definition) is 2. The number of carbonyl (C=O) groups is 1. The number of anilines is 1. The Morgan fingerprint density at radius 3 is 2.89 bits per heavy atom. The van der Waals surface area contributed by atoms with Crippen LogP contribution in [0.4, 0.5) is 5.13 Å². The van der Waals surface area contributed by atoms with Crippen LogP contribution in [0.15, 0.2) is 6.20 Å². The lowest BCUT2D eigenvalue weighted by atomic mass is 10.2. The molecule has 0 radical (unpaired) electrons. The number of thiazole rings is 1. The van der Waals surface area contributed by atoms with Crippen molar-refractivity contribution in [1.29, 1.82) is 0 Å². The van der Waals surface area contributed by atoms with E-state index in [4.69, 9.17) is 5.73 Å². The maximum Gasteiger partial charge on any atom is 0.231 e. The molecule has 102 valence electrons. The summed E-state index contributed by atoms with van der Waals surface area (Å²) < 4.78 is 0. The second kappa shape index (κ2) is 7.33. The quantitative estimate of drug-likeness (QED) is 0.751. The topological polar surface area (TPSA) is 71.2 Å². The van der Waals surface area contributed by atoms with Crippen LogP contribution in [0.5, 0.6) is 0 Å². The lowest BCUT2D eigenvalue weighted by Gasteiger charge is -2.21. The number of rotatable bonds is 8. The van der Waals surface area contributed by atoms with Crippen molar-refractivity contribution in [1.82, 2.24) is 9.88 Å². The Morgan fingerprint density at radius 2 is 2.33 bits per heavy atom. The van der Waals surface area contributed by atoms with Gasteiger partial charge in [-0.25, -0.2) is 4.98 Å². The van der Waals surface area contributed by atoms with Crippen LogP contribution in [0.25, 0.3) is 0 Å². The third-order valence-electron chi connectivity index (χ3n) is 2.26. The van der Waals surface area contributed by atoms with Gasteiger partial charge in [-0.1, -0.05) is 13.8 Å². The van der Waals surface area contributed by atoms with Crippen LogP contribution < -0.4 is 11.1 Å². The average Bonchev–Trinajstić information content (AvgIpc) is 2.64. The molecule has 0 saturated heterocycles. The molecule has 6 heteroatoms. The van der Waals surface area contributed by atoms with Crippen molar-refractivity contribution in [3.63, 3.8) is 0 Å². The number of nitrogens with zero attached hydrogens (tertiary/aromatic N) is 2. The molecule has 0 bridgehead atoms. The van der Waals surface area contributed by atoms with E-state index in [9.17, 15) is 4.79 Å². The van der Waals surface area contributed by atoms with Crippen LogP contribution in [0.3, 0.4) is 0 Å². The molecule has 18 heavy (non-hydrogen) atoms. The van der Waals surface area contributed by atoms with Gasteiger partial charge in [0.05, 0.1) is 6.54 Å². The summed E-state index contributed by atoms with van der Waals surface area (Å²) in [5.41, 5.74) is 5.27. The van der Waals surface area contributed by atoms with E-state index in [1.807, 2.05) is 13.1 Å². The smallest absolute Gasteiger partial charge is 0.231 e. The first kappa shape index (κ1) is 14.9. The summed E-state index contributed by atoms with van der Waals surface area (Å²) in [4.78, 5) is 18.5. The van der Waals surface area contributed by atoms with Crippen molar-refractivity contribution < 1.29 is 4.79 Å². The number of carbonyl (C=O) groups excluding carboxylic acids is 1. The fraction of sp³-hybridized carbons (Fsp3) is 0.667. The van der Waals surface area contributed by atoms with Gasteiger partial charge in [-0.3, -0.25) is 9.69 Å². The van der Waals surface area contributed by atoms with E-state index in [2.05, 4.69) is 29.0 Å². The van der Waals surface area contributed by atoms with Crippen molar-refractivity contribution in [2.24, 2.45) is 11.7 Å². The van der Waals surface area contributed by atoms with Gasteiger partial charge in [0.25, 0.3) is 0 Å². The molecule has 1 amide bonds. The van der Waals surface area contributed by atoms with Gasteiger partial charge in [0.1, 0.15) is 0 Å². The van der Waals surface area contributed by atoms with Crippen molar-refractivity contribution in [2.45, 2.75) is 27.3 Å². The molecule has 0 aliphatic rings. The Labute approximate surface area is 112 Å². The molecule has 0 saturated carbocycles. The third kappa shape index (κ3) is 5.46. The summed E-state index contributed by atoms with van der Waals surface area (Å²) in [7, 11) is 0. The van der Waals surface area contributed by atoms with E-state index in [0.29, 0.717) is 12.5 Å². The first-order chi connectivity index (χ1) is 8.51. The molecule has 3 N–H and O–H groups in total. The monoisotopic (exact) mass is 270 g/mol. The zero-order chi connectivity index (χ0) is 13.5. The Balaban J connectivity index is 2.59. The molecular formula is C12H22N4OS. The second-order valence-electron chi connectivity index (χ2n) is 4.69. The van der Waals surface area contributed by atoms with E-state index >= 15 is 0 Å². The van der Waals surface area contributed by atoms with E-state index < -0.39 is 0 Å². The molecule has 1 aromatic rings. The number of primary amides is 1. The van der Waals surface area contributed by atoms with Gasteiger partial charge in [0.2, 0.25) is 5.91 Å². The van der Waals surface area contributed by atoms with Crippen molar-refractivity contribution >= 4 is 22.4 Å². The lowest BCUT2D eigenvalue weighted by molar-refractivity contribution is -0.119. The van der Waals surface area contributed by atoms with Crippen LogP contribution >= 0.6 is 11.3 Å². The summed E-state index contributed by atoms with van der Waals surface area (Å²) in [5, 5.41) is 4.11. The largest absolute Gasteiger partial charge is 0.369 e. The Kier molecular flexibility index (Phi) is 6.07. The molecule has 5 nitrogen and oxygen atoms in total. The number of nitrogens with one attached hydrogen (secondary N) is 1. The molecule has 1 heterocycles. The van der Waals surface area contributed by atoms with Gasteiger partial charge in [-0.05, 0) is 12.8 Å². The van der Waals surface area contributed by atoms with Crippen LogP contribution in [-0.4, -0.2) is 35.4 Å². The number of aromatic nitrogens is 1. The van der Waals surface area contributed by atoms with E-state index in [-0.39, 0.29) is 5.91 Å². The molecule has 0 aliphatic carbocycles. The fourth-order valence-corrected chi connectivity index (χ4v) is 2.68. The minimum atomic E-state index is -0.285. The third-order valence-corrected chi connectivity index (χ3v) is 3.20. The molecule has 1 rings (SSSR count). The maximum absolute atomic E-state index is 11.0. The Morgan fingerprint density at radius 1 is 1.61 bits per heavy atom. The molecule has 0 unspecified atom stereocenters. The lowest BCUT2D eigenvalue weighted by Crippen LogP contribution is -2.35. The summed E-state index contributed by atoms with van der Waals surface area (Å²) in [6, 6.07) is 0. The summed E-state index contributed by atoms with van der Waals surface area (Å²) >= 11 is 1.62. The van der Waals surface area contributed by atoms with Crippen molar-refractivity contribution in [2.75, 3.05) is 25.0 Å². The Bertz CT molecular complexity index is 378. The SMILES string of the molecule is CCNc1ncc(CN(CC(N)=O)CC(C)C)s1. The maximum atomic E-state index is 11.0. The predicted molar refractivity (Wildman–Crippen MR) is 75.6 cm³/mol. The molecule has 0 spiro atoms. The van der Waals surface area contributed by atoms with E-state index in [1.165, 1.54) is 0 Å². The highest BCUT2D eigenvalue weighted by Crippen LogP contribution is 2.19. The molecule has 0 fully saturated rings. The van der Waals surface area contributed by atoms with Gasteiger partial charge >= 0.3 is 0 Å². The van der Waals surface area contributed by atoms with E-state index in [1.54, 1.807) is 11.3 Å². The zero-order valence-corrected chi connectivity index (χ0v) is 12.1. The molecule has 0 atom stereocenters. The minimum absolute atomic E-state index is 0.285. The molecule has 0 aromatic carbocycles. The van der Waals surface area contributed by atoms with Crippen LogP contribution in [-0.2, 0) is 11.3 Å². The van der Waals surface area contributed by atoms with Crippen LogP contribution in [0, 0.1) is 5.92 Å². The van der Waals surface area contributed by atoms with Gasteiger partial charge < -0.3 is 11.1 Å². The first-order valence-corrected chi connectivity index (χ1v) is 7.02. The van der Waals surface area contributed by atoms with Gasteiger partial charge in [0, 0.05) is 30.7 Å². The summed E-state index contributed by atoms with van der Waals surface area (Å²) in [6.07, 6.45) is 1.86. The van der Waals surface area contributed by atoms with Crippen LogP contribution in [0.1, 0.15) is 25.6 Å². The van der Waals surface area contributed by atoms with Crippen LogP contribution in [0.2, 0.25) is 0 Å². The fourth-order valence-electron chi connectivity index (χ4n) is 1.76. The summed E-state index contributed by atoms with van der Waals surface area (Å²) in [6.45, 7) is 9.05. The van der Waals surface area contributed by atoms with Crippen molar-refractivity contribution in [3.05, 3.63) is 11.1 Å². The predicted octanol–water partition coefficient (Wildman–Crippen LogP) is 1.52.